The van der Waals surface area contributed by atoms with Crippen molar-refractivity contribution in [1.29, 1.82) is 0 Å². The van der Waals surface area contributed by atoms with Crippen LogP contribution in [-0.2, 0) is 16.0 Å². The maximum atomic E-state index is 11.3. The van der Waals surface area contributed by atoms with Crippen molar-refractivity contribution in [3.8, 4) is 11.5 Å². The van der Waals surface area contributed by atoms with Crippen LogP contribution in [0.25, 0.3) is 0 Å². The number of carbonyl (C=O) groups is 2. The quantitative estimate of drug-likeness (QED) is 0.785. The van der Waals surface area contributed by atoms with E-state index < -0.39 is 17.4 Å². The van der Waals surface area contributed by atoms with Crippen molar-refractivity contribution in [3.63, 3.8) is 0 Å². The van der Waals surface area contributed by atoms with Gasteiger partial charge in [0.05, 0.1) is 25.7 Å². The van der Waals surface area contributed by atoms with Gasteiger partial charge in [-0.05, 0) is 24.6 Å². The number of carboxylic acid groups (broad SMARTS) is 1. The van der Waals surface area contributed by atoms with E-state index in [1.54, 1.807) is 18.2 Å². The van der Waals surface area contributed by atoms with Gasteiger partial charge >= 0.3 is 0 Å². The largest absolute Gasteiger partial charge is 0.548 e. The van der Waals surface area contributed by atoms with Crippen molar-refractivity contribution in [1.82, 2.24) is 5.32 Å². The third kappa shape index (κ3) is 3.63. The minimum Gasteiger partial charge on any atom is -0.548 e. The molecule has 0 aliphatic carbocycles. The Morgan fingerprint density at radius 1 is 1.25 bits per heavy atom. The first-order valence-corrected chi connectivity index (χ1v) is 6.03. The Morgan fingerprint density at radius 2 is 1.85 bits per heavy atom. The summed E-state index contributed by atoms with van der Waals surface area (Å²) in [6.07, 6.45) is 0.0786. The summed E-state index contributed by atoms with van der Waals surface area (Å²) in [4.78, 5) is 22.4. The molecule has 6 heteroatoms. The highest BCUT2D eigenvalue weighted by Gasteiger charge is 2.27. The third-order valence-electron chi connectivity index (χ3n) is 2.91. The fourth-order valence-electron chi connectivity index (χ4n) is 1.95. The molecule has 1 unspecified atom stereocenters. The fourth-order valence-corrected chi connectivity index (χ4v) is 1.95. The molecule has 1 atom stereocenters. The van der Waals surface area contributed by atoms with Crippen LogP contribution in [0.1, 0.15) is 19.4 Å². The smallest absolute Gasteiger partial charge is 0.217 e. The van der Waals surface area contributed by atoms with Crippen LogP contribution in [0, 0.1) is 0 Å². The molecular weight excluding hydrogens is 262 g/mol. The molecule has 110 valence electrons. The van der Waals surface area contributed by atoms with Crippen LogP contribution >= 0.6 is 0 Å². The Kier molecular flexibility index (Phi) is 4.96. The average molecular weight is 280 g/mol. The second-order valence-corrected chi connectivity index (χ2v) is 4.67. The molecule has 0 radical (unpaired) electrons. The summed E-state index contributed by atoms with van der Waals surface area (Å²) in [6.45, 7) is 2.66. The summed E-state index contributed by atoms with van der Waals surface area (Å²) >= 11 is 0. The van der Waals surface area contributed by atoms with E-state index in [1.807, 2.05) is 0 Å². The first kappa shape index (κ1) is 15.8. The minimum atomic E-state index is -1.48. The lowest BCUT2D eigenvalue weighted by Gasteiger charge is -2.31. The van der Waals surface area contributed by atoms with Gasteiger partial charge in [-0.3, -0.25) is 4.79 Å². The molecule has 1 N–H and O–H groups in total. The van der Waals surface area contributed by atoms with Crippen LogP contribution in [0.15, 0.2) is 18.2 Å². The number of ether oxygens (including phenoxy) is 2. The van der Waals surface area contributed by atoms with Crippen LogP contribution in [0.2, 0.25) is 0 Å². The molecule has 0 saturated heterocycles. The Labute approximate surface area is 117 Å². The van der Waals surface area contributed by atoms with E-state index in [0.29, 0.717) is 17.1 Å². The molecule has 1 rings (SSSR count). The van der Waals surface area contributed by atoms with Crippen molar-refractivity contribution in [2.45, 2.75) is 25.8 Å². The SMILES string of the molecule is COc1ccc(CC(C)(NC(C)=O)C(=O)[O-])cc1OC. The van der Waals surface area contributed by atoms with E-state index in [2.05, 4.69) is 5.32 Å². The number of hydrogen-bond acceptors (Lipinski definition) is 5. The highest BCUT2D eigenvalue weighted by atomic mass is 16.5. The van der Waals surface area contributed by atoms with E-state index in [4.69, 9.17) is 9.47 Å². The number of nitrogens with one attached hydrogen (secondary N) is 1. The molecule has 20 heavy (non-hydrogen) atoms. The van der Waals surface area contributed by atoms with Gasteiger partial charge in [0.1, 0.15) is 0 Å². The summed E-state index contributed by atoms with van der Waals surface area (Å²) in [7, 11) is 3.01. The van der Waals surface area contributed by atoms with E-state index in [1.165, 1.54) is 28.1 Å². The lowest BCUT2D eigenvalue weighted by atomic mass is 9.92. The van der Waals surface area contributed by atoms with Gasteiger partial charge in [0.25, 0.3) is 0 Å². The van der Waals surface area contributed by atoms with E-state index in [0.717, 1.165) is 0 Å². The first-order valence-electron chi connectivity index (χ1n) is 6.03. The molecule has 0 aliphatic rings. The Hall–Kier alpha value is -2.24. The van der Waals surface area contributed by atoms with Crippen LogP contribution in [0.5, 0.6) is 11.5 Å². The molecule has 0 aliphatic heterocycles. The maximum absolute atomic E-state index is 11.3. The maximum Gasteiger partial charge on any atom is 0.217 e. The molecular formula is C14H18NO5-. The topological polar surface area (TPSA) is 87.7 Å². The van der Waals surface area contributed by atoms with Crippen molar-refractivity contribution in [2.75, 3.05) is 14.2 Å². The van der Waals surface area contributed by atoms with Gasteiger partial charge in [-0.1, -0.05) is 6.07 Å². The molecule has 0 spiro atoms. The van der Waals surface area contributed by atoms with Crippen LogP contribution in [0.3, 0.4) is 0 Å². The Bertz CT molecular complexity index is 514. The number of aliphatic carboxylic acids is 1. The van der Waals surface area contributed by atoms with Crippen LogP contribution < -0.4 is 19.9 Å². The molecule has 0 aromatic heterocycles. The lowest BCUT2D eigenvalue weighted by Crippen LogP contribution is -2.58. The highest BCUT2D eigenvalue weighted by molar-refractivity contribution is 5.84. The van der Waals surface area contributed by atoms with Gasteiger partial charge in [0, 0.05) is 13.3 Å². The summed E-state index contributed by atoms with van der Waals surface area (Å²) in [5, 5.41) is 13.7. The summed E-state index contributed by atoms with van der Waals surface area (Å²) in [6, 6.07) is 5.06. The predicted octanol–water partition coefficient (Wildman–Crippen LogP) is -0.109. The third-order valence-corrected chi connectivity index (χ3v) is 2.91. The Morgan fingerprint density at radius 3 is 2.30 bits per heavy atom. The monoisotopic (exact) mass is 280 g/mol. The van der Waals surface area contributed by atoms with Gasteiger partial charge in [-0.25, -0.2) is 0 Å². The molecule has 0 bridgehead atoms. The number of benzene rings is 1. The number of carbonyl (C=O) groups excluding carboxylic acids is 2. The van der Waals surface area contributed by atoms with Gasteiger partial charge in [-0.2, -0.15) is 0 Å². The standard InChI is InChI=1S/C14H19NO5/c1-9(16)15-14(2,13(17)18)8-10-5-6-11(19-3)12(7-10)20-4/h5-7H,8H2,1-4H3,(H,15,16)(H,17,18)/p-1. The molecule has 0 heterocycles. The van der Waals surface area contributed by atoms with Crippen molar-refractivity contribution >= 4 is 11.9 Å². The van der Waals surface area contributed by atoms with Gasteiger partial charge in [-0.15, -0.1) is 0 Å². The van der Waals surface area contributed by atoms with E-state index >= 15 is 0 Å². The van der Waals surface area contributed by atoms with E-state index in [-0.39, 0.29) is 6.42 Å². The van der Waals surface area contributed by atoms with Crippen molar-refractivity contribution in [2.24, 2.45) is 0 Å². The number of rotatable bonds is 6. The zero-order chi connectivity index (χ0) is 15.3. The van der Waals surface area contributed by atoms with Crippen molar-refractivity contribution in [3.05, 3.63) is 23.8 Å². The lowest BCUT2D eigenvalue weighted by molar-refractivity contribution is -0.313. The van der Waals surface area contributed by atoms with Crippen molar-refractivity contribution < 1.29 is 24.2 Å². The average Bonchev–Trinajstić information content (AvgIpc) is 2.37. The number of carboxylic acids is 1. The second kappa shape index (κ2) is 6.27. The second-order valence-electron chi connectivity index (χ2n) is 4.67. The zero-order valence-corrected chi connectivity index (χ0v) is 12.0. The minimum absolute atomic E-state index is 0.0786. The Balaban J connectivity index is 3.06. The summed E-state index contributed by atoms with van der Waals surface area (Å²) in [5.41, 5.74) is -0.797. The number of hydrogen-bond donors (Lipinski definition) is 1. The number of methoxy groups -OCH3 is 2. The number of amides is 1. The molecule has 0 fully saturated rings. The van der Waals surface area contributed by atoms with Gasteiger partial charge in [0.2, 0.25) is 5.91 Å². The van der Waals surface area contributed by atoms with Crippen LogP contribution in [-0.4, -0.2) is 31.6 Å². The van der Waals surface area contributed by atoms with Crippen LogP contribution in [0.4, 0.5) is 0 Å². The highest BCUT2D eigenvalue weighted by Crippen LogP contribution is 2.29. The van der Waals surface area contributed by atoms with Gasteiger partial charge < -0.3 is 24.7 Å². The molecule has 1 amide bonds. The summed E-state index contributed by atoms with van der Waals surface area (Å²) < 4.78 is 10.3. The molecule has 1 aromatic carbocycles. The van der Waals surface area contributed by atoms with E-state index in [9.17, 15) is 14.7 Å². The van der Waals surface area contributed by atoms with Gasteiger partial charge in [0.15, 0.2) is 11.5 Å². The molecule has 0 saturated carbocycles. The predicted molar refractivity (Wildman–Crippen MR) is 70.5 cm³/mol. The normalized spacial score (nSPS) is 13.2. The summed E-state index contributed by atoms with van der Waals surface area (Å²) in [5.74, 6) is -0.737. The first-order chi connectivity index (χ1) is 9.32. The fraction of sp³-hybridized carbons (Fsp3) is 0.429. The molecule has 1 aromatic rings. The zero-order valence-electron chi connectivity index (χ0n) is 12.0. The molecule has 6 nitrogen and oxygen atoms in total.